The van der Waals surface area contributed by atoms with Crippen LogP contribution in [-0.4, -0.2) is 15.5 Å². The number of fused-ring (bicyclic) bond motifs is 1. The minimum absolute atomic E-state index is 0.398. The van der Waals surface area contributed by atoms with Crippen molar-refractivity contribution in [2.24, 2.45) is 5.73 Å². The molecule has 6 nitrogen and oxygen atoms in total. The second-order valence-corrected chi connectivity index (χ2v) is 7.19. The molecule has 0 saturated carbocycles. The molecule has 0 fully saturated rings. The molecule has 3 rings (SSSR count). The number of nitrogens with two attached hydrogens (primary N) is 1. The first-order valence-electron chi connectivity index (χ1n) is 7.97. The van der Waals surface area contributed by atoms with E-state index in [9.17, 15) is 14.4 Å². The number of carbonyl (C=O) groups excluding carboxylic acids is 1. The van der Waals surface area contributed by atoms with Gasteiger partial charge in [0, 0.05) is 10.9 Å². The fourth-order valence-electron chi connectivity index (χ4n) is 2.77. The fraction of sp³-hybridized carbons (Fsp3) is 0.278. The molecule has 2 heterocycles. The van der Waals surface area contributed by atoms with Crippen molar-refractivity contribution < 1.29 is 4.79 Å². The van der Waals surface area contributed by atoms with Gasteiger partial charge in [0.2, 0.25) is 5.91 Å². The van der Waals surface area contributed by atoms with Gasteiger partial charge in [-0.25, -0.2) is 9.36 Å². The summed E-state index contributed by atoms with van der Waals surface area (Å²) in [7, 11) is 0. The molecule has 0 aliphatic heterocycles. The lowest BCUT2D eigenvalue weighted by Crippen LogP contribution is -2.41. The Balaban J connectivity index is 2.24. The lowest BCUT2D eigenvalue weighted by Gasteiger charge is -2.11. The van der Waals surface area contributed by atoms with Crippen LogP contribution < -0.4 is 17.0 Å². The molecule has 0 bridgehead atoms. The van der Waals surface area contributed by atoms with Crippen LogP contribution in [0.4, 0.5) is 0 Å². The number of rotatable bonds is 4. The number of H-pyrrole nitrogens is 1. The Morgan fingerprint density at radius 3 is 2.36 bits per heavy atom. The highest BCUT2D eigenvalue weighted by molar-refractivity contribution is 7.17. The number of aromatic nitrogens is 2. The van der Waals surface area contributed by atoms with Gasteiger partial charge in [0.25, 0.3) is 5.56 Å². The molecule has 0 aliphatic carbocycles. The van der Waals surface area contributed by atoms with E-state index < -0.39 is 23.2 Å². The van der Waals surface area contributed by atoms with Gasteiger partial charge in [0.15, 0.2) is 0 Å². The lowest BCUT2D eigenvalue weighted by atomic mass is 9.99. The molecule has 1 unspecified atom stereocenters. The van der Waals surface area contributed by atoms with Crippen molar-refractivity contribution >= 4 is 27.5 Å². The van der Waals surface area contributed by atoms with Crippen LogP contribution in [0.15, 0.2) is 39.2 Å². The number of hydrogen-bond acceptors (Lipinski definition) is 4. The lowest BCUT2D eigenvalue weighted by molar-refractivity contribution is -0.120. The zero-order chi connectivity index (χ0) is 18.3. The Morgan fingerprint density at radius 1 is 1.16 bits per heavy atom. The number of nitrogens with zero attached hydrogens (tertiary/aromatic N) is 1. The Hall–Kier alpha value is -2.67. The molecular formula is C18H19N3O3S. The van der Waals surface area contributed by atoms with E-state index in [1.807, 2.05) is 29.6 Å². The second kappa shape index (κ2) is 6.33. The van der Waals surface area contributed by atoms with Crippen LogP contribution in [0, 0.1) is 0 Å². The van der Waals surface area contributed by atoms with Crippen LogP contribution in [-0.2, 0) is 4.79 Å². The van der Waals surface area contributed by atoms with E-state index in [-0.39, 0.29) is 0 Å². The highest BCUT2D eigenvalue weighted by atomic mass is 32.1. The Morgan fingerprint density at radius 2 is 1.80 bits per heavy atom. The minimum atomic E-state index is -1.02. The fourth-order valence-corrected chi connectivity index (χ4v) is 3.72. The van der Waals surface area contributed by atoms with Gasteiger partial charge in [0.1, 0.15) is 10.9 Å². The van der Waals surface area contributed by atoms with Gasteiger partial charge in [-0.05, 0) is 24.0 Å². The Labute approximate surface area is 147 Å². The van der Waals surface area contributed by atoms with E-state index in [4.69, 9.17) is 5.73 Å². The molecule has 1 aromatic carbocycles. The van der Waals surface area contributed by atoms with Crippen LogP contribution in [0.5, 0.6) is 0 Å². The highest BCUT2D eigenvalue weighted by Gasteiger charge is 2.20. The average molecular weight is 357 g/mol. The summed E-state index contributed by atoms with van der Waals surface area (Å²) >= 11 is 1.29. The third kappa shape index (κ3) is 2.91. The number of thiophene rings is 1. The normalized spacial score (nSPS) is 12.6. The van der Waals surface area contributed by atoms with E-state index in [1.54, 1.807) is 0 Å². The second-order valence-electron chi connectivity index (χ2n) is 6.31. The van der Waals surface area contributed by atoms with Crippen molar-refractivity contribution in [1.29, 1.82) is 0 Å². The molecule has 3 N–H and O–H groups in total. The summed E-state index contributed by atoms with van der Waals surface area (Å²) in [6.45, 7) is 5.67. The van der Waals surface area contributed by atoms with Crippen LogP contribution in [0.3, 0.4) is 0 Å². The van der Waals surface area contributed by atoms with Gasteiger partial charge in [-0.3, -0.25) is 14.6 Å². The molecule has 2 aromatic heterocycles. The molecule has 1 atom stereocenters. The molecule has 130 valence electrons. The van der Waals surface area contributed by atoms with Crippen LogP contribution >= 0.6 is 11.3 Å². The number of primary amides is 1. The van der Waals surface area contributed by atoms with Crippen LogP contribution in [0.2, 0.25) is 0 Å². The molecular weight excluding hydrogens is 338 g/mol. The molecule has 0 spiro atoms. The number of carbonyl (C=O) groups is 1. The van der Waals surface area contributed by atoms with Crippen molar-refractivity contribution in [3.8, 4) is 11.1 Å². The third-order valence-electron chi connectivity index (χ3n) is 4.35. The summed E-state index contributed by atoms with van der Waals surface area (Å²) in [6.07, 6.45) is 0. The zero-order valence-electron chi connectivity index (χ0n) is 14.2. The molecule has 25 heavy (non-hydrogen) atoms. The number of aromatic amines is 1. The zero-order valence-corrected chi connectivity index (χ0v) is 15.0. The van der Waals surface area contributed by atoms with Crippen molar-refractivity contribution in [2.45, 2.75) is 32.7 Å². The molecule has 0 aliphatic rings. The van der Waals surface area contributed by atoms with E-state index in [2.05, 4.69) is 18.8 Å². The van der Waals surface area contributed by atoms with Gasteiger partial charge in [-0.2, -0.15) is 0 Å². The first kappa shape index (κ1) is 17.2. The summed E-state index contributed by atoms with van der Waals surface area (Å²) in [5.74, 6) is -0.316. The van der Waals surface area contributed by atoms with Gasteiger partial charge < -0.3 is 5.73 Å². The predicted molar refractivity (Wildman–Crippen MR) is 100 cm³/mol. The van der Waals surface area contributed by atoms with Crippen molar-refractivity contribution in [3.63, 3.8) is 0 Å². The van der Waals surface area contributed by atoms with E-state index in [0.29, 0.717) is 16.1 Å². The van der Waals surface area contributed by atoms with Crippen LogP contribution in [0.1, 0.15) is 38.3 Å². The summed E-state index contributed by atoms with van der Waals surface area (Å²) in [4.78, 5) is 39.7. The maximum atomic E-state index is 12.9. The smallest absolute Gasteiger partial charge is 0.330 e. The summed E-state index contributed by atoms with van der Waals surface area (Å²) in [6, 6.07) is 6.96. The number of benzene rings is 1. The summed E-state index contributed by atoms with van der Waals surface area (Å²) < 4.78 is 0.878. The highest BCUT2D eigenvalue weighted by Crippen LogP contribution is 2.31. The maximum Gasteiger partial charge on any atom is 0.330 e. The molecule has 3 aromatic rings. The van der Waals surface area contributed by atoms with Crippen molar-refractivity contribution in [1.82, 2.24) is 9.55 Å². The first-order valence-corrected chi connectivity index (χ1v) is 8.85. The quantitative estimate of drug-likeness (QED) is 0.751. The molecule has 7 heteroatoms. The first-order chi connectivity index (χ1) is 11.8. The topological polar surface area (TPSA) is 97.9 Å². The summed E-state index contributed by atoms with van der Waals surface area (Å²) in [5.41, 5.74) is 6.96. The summed E-state index contributed by atoms with van der Waals surface area (Å²) in [5, 5.41) is 2.24. The Bertz CT molecular complexity index is 1060. The standard InChI is InChI=1S/C18H19N3O3S/c1-9(2)11-4-6-12(7-5-11)13-8-25-16-14(13)17(23)21(18(24)20-16)10(3)15(19)22/h4-10H,1-3H3,(H2,19,22)(H,20,24). The SMILES string of the molecule is CC(C)c1ccc(-c2csc3[nH]c(=O)n(C(C)C(N)=O)c(=O)c23)cc1. The van der Waals surface area contributed by atoms with E-state index in [0.717, 1.165) is 15.7 Å². The molecule has 1 amide bonds. The van der Waals surface area contributed by atoms with Crippen molar-refractivity contribution in [3.05, 3.63) is 56.0 Å². The molecule has 0 radical (unpaired) electrons. The monoisotopic (exact) mass is 357 g/mol. The predicted octanol–water partition coefficient (Wildman–Crippen LogP) is 2.59. The van der Waals surface area contributed by atoms with Gasteiger partial charge in [-0.15, -0.1) is 11.3 Å². The largest absolute Gasteiger partial charge is 0.368 e. The van der Waals surface area contributed by atoms with Crippen LogP contribution in [0.25, 0.3) is 21.3 Å². The number of nitrogens with one attached hydrogen (secondary N) is 1. The van der Waals surface area contributed by atoms with Crippen molar-refractivity contribution in [2.75, 3.05) is 0 Å². The van der Waals surface area contributed by atoms with Gasteiger partial charge in [-0.1, -0.05) is 38.1 Å². The van der Waals surface area contributed by atoms with Gasteiger partial charge >= 0.3 is 5.69 Å². The van der Waals surface area contributed by atoms with Gasteiger partial charge in [0.05, 0.1) is 5.39 Å². The average Bonchev–Trinajstić information content (AvgIpc) is 2.98. The number of amides is 1. The Kier molecular flexibility index (Phi) is 4.34. The maximum absolute atomic E-state index is 12.9. The third-order valence-corrected chi connectivity index (χ3v) is 5.25. The van der Waals surface area contributed by atoms with E-state index in [1.165, 1.54) is 23.8 Å². The minimum Gasteiger partial charge on any atom is -0.368 e. The van der Waals surface area contributed by atoms with E-state index >= 15 is 0 Å². The number of hydrogen-bond donors (Lipinski definition) is 2. The molecule has 0 saturated heterocycles.